The first-order valence-corrected chi connectivity index (χ1v) is 10.1. The summed E-state index contributed by atoms with van der Waals surface area (Å²) in [6.45, 7) is 0. The maximum absolute atomic E-state index is 12.1. The van der Waals surface area contributed by atoms with Crippen LogP contribution in [0.4, 0.5) is 5.13 Å². The molecule has 2 aromatic carbocycles. The molecule has 3 aromatic rings. The standard InChI is InChI=1S/C19H12Cl4N2OS/c20-14-6-4-11(9-16(14)22)8-13-10-24-19(27-13)25-17(26)7-5-12-2-1-3-15(21)18(12)23/h1-7,9-10H,8H2,(H,24,25,26)/b7-5+. The van der Waals surface area contributed by atoms with Crippen molar-refractivity contribution in [2.75, 3.05) is 5.32 Å². The van der Waals surface area contributed by atoms with E-state index in [0.29, 0.717) is 37.2 Å². The molecule has 0 aliphatic rings. The zero-order valence-electron chi connectivity index (χ0n) is 13.7. The molecule has 0 spiro atoms. The van der Waals surface area contributed by atoms with Crippen LogP contribution in [0, 0.1) is 0 Å². The van der Waals surface area contributed by atoms with Crippen LogP contribution < -0.4 is 5.32 Å². The van der Waals surface area contributed by atoms with Crippen LogP contribution in [-0.4, -0.2) is 10.9 Å². The normalized spacial score (nSPS) is 11.1. The van der Waals surface area contributed by atoms with E-state index in [-0.39, 0.29) is 5.91 Å². The number of nitrogens with zero attached hydrogens (tertiary/aromatic N) is 1. The highest BCUT2D eigenvalue weighted by Crippen LogP contribution is 2.27. The lowest BCUT2D eigenvalue weighted by Crippen LogP contribution is -2.07. The van der Waals surface area contributed by atoms with Crippen LogP contribution in [0.5, 0.6) is 0 Å². The molecule has 138 valence electrons. The van der Waals surface area contributed by atoms with E-state index in [1.165, 1.54) is 17.4 Å². The summed E-state index contributed by atoms with van der Waals surface area (Å²) in [5.41, 5.74) is 1.68. The number of carbonyl (C=O) groups is 1. The van der Waals surface area contributed by atoms with Crippen molar-refractivity contribution in [2.24, 2.45) is 0 Å². The van der Waals surface area contributed by atoms with E-state index >= 15 is 0 Å². The molecule has 8 heteroatoms. The van der Waals surface area contributed by atoms with Gasteiger partial charge in [-0.1, -0.05) is 64.6 Å². The summed E-state index contributed by atoms with van der Waals surface area (Å²) >= 11 is 25.4. The van der Waals surface area contributed by atoms with Crippen molar-refractivity contribution in [1.82, 2.24) is 4.98 Å². The molecular weight excluding hydrogens is 446 g/mol. The number of anilines is 1. The Balaban J connectivity index is 1.63. The van der Waals surface area contributed by atoms with Gasteiger partial charge in [0.05, 0.1) is 20.1 Å². The summed E-state index contributed by atoms with van der Waals surface area (Å²) in [7, 11) is 0. The van der Waals surface area contributed by atoms with Gasteiger partial charge in [-0.3, -0.25) is 10.1 Å². The number of thiazole rings is 1. The Hall–Kier alpha value is -1.56. The molecule has 0 aliphatic heterocycles. The van der Waals surface area contributed by atoms with Crippen LogP contribution in [-0.2, 0) is 11.2 Å². The highest BCUT2D eigenvalue weighted by atomic mass is 35.5. The number of nitrogens with one attached hydrogen (secondary N) is 1. The number of hydrogen-bond acceptors (Lipinski definition) is 3. The van der Waals surface area contributed by atoms with Crippen molar-refractivity contribution in [3.05, 3.63) is 84.8 Å². The number of halogens is 4. The minimum Gasteiger partial charge on any atom is -0.298 e. The lowest BCUT2D eigenvalue weighted by Gasteiger charge is -2.01. The van der Waals surface area contributed by atoms with Gasteiger partial charge in [0, 0.05) is 23.6 Å². The summed E-state index contributed by atoms with van der Waals surface area (Å²) in [4.78, 5) is 17.3. The Labute approximate surface area is 180 Å². The predicted molar refractivity (Wildman–Crippen MR) is 116 cm³/mol. The first-order chi connectivity index (χ1) is 12.9. The summed E-state index contributed by atoms with van der Waals surface area (Å²) in [6.07, 6.45) is 5.37. The molecule has 1 amide bonds. The zero-order chi connectivity index (χ0) is 19.4. The number of amides is 1. The Morgan fingerprint density at radius 2 is 1.89 bits per heavy atom. The summed E-state index contributed by atoms with van der Waals surface area (Å²) in [5, 5.41) is 5.11. The molecule has 0 fully saturated rings. The van der Waals surface area contributed by atoms with E-state index < -0.39 is 0 Å². The van der Waals surface area contributed by atoms with Crippen molar-refractivity contribution in [3.8, 4) is 0 Å². The second-order valence-electron chi connectivity index (χ2n) is 5.52. The average molecular weight is 458 g/mol. The van der Waals surface area contributed by atoms with Crippen LogP contribution >= 0.6 is 57.7 Å². The smallest absolute Gasteiger partial charge is 0.250 e. The summed E-state index contributed by atoms with van der Waals surface area (Å²) in [6, 6.07) is 10.7. The highest BCUT2D eigenvalue weighted by molar-refractivity contribution is 7.15. The molecule has 1 aromatic heterocycles. The van der Waals surface area contributed by atoms with E-state index in [4.69, 9.17) is 46.4 Å². The van der Waals surface area contributed by atoms with Crippen molar-refractivity contribution in [3.63, 3.8) is 0 Å². The van der Waals surface area contributed by atoms with Gasteiger partial charge >= 0.3 is 0 Å². The molecule has 0 radical (unpaired) electrons. The van der Waals surface area contributed by atoms with Gasteiger partial charge in [-0.2, -0.15) is 0 Å². The SMILES string of the molecule is O=C(/C=C/c1cccc(Cl)c1Cl)Nc1ncc(Cc2ccc(Cl)c(Cl)c2)s1. The molecule has 0 saturated carbocycles. The predicted octanol–water partition coefficient (Wildman–Crippen LogP) is 7.00. The molecule has 1 heterocycles. The Morgan fingerprint density at radius 1 is 1.07 bits per heavy atom. The molecule has 0 saturated heterocycles. The largest absolute Gasteiger partial charge is 0.298 e. The Morgan fingerprint density at radius 3 is 2.67 bits per heavy atom. The maximum Gasteiger partial charge on any atom is 0.250 e. The van der Waals surface area contributed by atoms with Gasteiger partial charge < -0.3 is 0 Å². The second-order valence-corrected chi connectivity index (χ2v) is 8.24. The maximum atomic E-state index is 12.1. The molecule has 0 bridgehead atoms. The van der Waals surface area contributed by atoms with Crippen LogP contribution in [0.3, 0.4) is 0 Å². The van der Waals surface area contributed by atoms with Crippen LogP contribution in [0.15, 0.2) is 48.7 Å². The summed E-state index contributed by atoms with van der Waals surface area (Å²) < 4.78 is 0. The second kappa shape index (κ2) is 9.09. The van der Waals surface area contributed by atoms with Gasteiger partial charge in [-0.15, -0.1) is 11.3 Å². The fourth-order valence-electron chi connectivity index (χ4n) is 2.26. The number of aromatic nitrogens is 1. The number of carbonyl (C=O) groups excluding carboxylic acids is 1. The lowest BCUT2D eigenvalue weighted by atomic mass is 10.1. The lowest BCUT2D eigenvalue weighted by molar-refractivity contribution is -0.111. The van der Waals surface area contributed by atoms with Gasteiger partial charge in [-0.25, -0.2) is 4.98 Å². The topological polar surface area (TPSA) is 42.0 Å². The van der Waals surface area contributed by atoms with E-state index in [1.54, 1.807) is 36.5 Å². The van der Waals surface area contributed by atoms with Crippen molar-refractivity contribution in [1.29, 1.82) is 0 Å². The molecular formula is C19H12Cl4N2OS. The molecule has 0 aliphatic carbocycles. The molecule has 3 rings (SSSR count). The minimum atomic E-state index is -0.304. The van der Waals surface area contributed by atoms with E-state index in [0.717, 1.165) is 10.4 Å². The third kappa shape index (κ3) is 5.47. The first kappa shape index (κ1) is 20.2. The molecule has 0 unspecified atom stereocenters. The van der Waals surface area contributed by atoms with Crippen molar-refractivity contribution in [2.45, 2.75) is 6.42 Å². The third-order valence-corrected chi connectivity index (χ3v) is 6.03. The molecule has 1 N–H and O–H groups in total. The van der Waals surface area contributed by atoms with Gasteiger partial charge in [0.25, 0.3) is 0 Å². The number of hydrogen-bond donors (Lipinski definition) is 1. The monoisotopic (exact) mass is 456 g/mol. The van der Waals surface area contributed by atoms with E-state index in [1.807, 2.05) is 12.1 Å². The van der Waals surface area contributed by atoms with E-state index in [2.05, 4.69) is 10.3 Å². The van der Waals surface area contributed by atoms with Gasteiger partial charge in [-0.05, 0) is 35.4 Å². The van der Waals surface area contributed by atoms with Crippen LogP contribution in [0.25, 0.3) is 6.08 Å². The van der Waals surface area contributed by atoms with Gasteiger partial charge in [0.2, 0.25) is 5.91 Å². The fourth-order valence-corrected chi connectivity index (χ4v) is 3.80. The Bertz CT molecular complexity index is 1020. The van der Waals surface area contributed by atoms with Gasteiger partial charge in [0.15, 0.2) is 5.13 Å². The summed E-state index contributed by atoms with van der Waals surface area (Å²) in [5.74, 6) is -0.304. The quantitative estimate of drug-likeness (QED) is 0.419. The van der Waals surface area contributed by atoms with Crippen LogP contribution in [0.1, 0.15) is 16.0 Å². The highest BCUT2D eigenvalue weighted by Gasteiger charge is 2.07. The Kier molecular flexibility index (Phi) is 6.79. The average Bonchev–Trinajstić information content (AvgIpc) is 3.06. The molecule has 0 atom stereocenters. The fraction of sp³-hybridized carbons (Fsp3) is 0.0526. The molecule has 3 nitrogen and oxygen atoms in total. The first-order valence-electron chi connectivity index (χ1n) is 7.74. The number of benzene rings is 2. The van der Waals surface area contributed by atoms with Crippen LogP contribution in [0.2, 0.25) is 20.1 Å². The third-order valence-electron chi connectivity index (χ3n) is 3.54. The van der Waals surface area contributed by atoms with Crippen molar-refractivity contribution >= 4 is 74.9 Å². The van der Waals surface area contributed by atoms with E-state index in [9.17, 15) is 4.79 Å². The zero-order valence-corrected chi connectivity index (χ0v) is 17.5. The molecule has 27 heavy (non-hydrogen) atoms. The number of rotatable bonds is 5. The van der Waals surface area contributed by atoms with Crippen molar-refractivity contribution < 1.29 is 4.79 Å². The van der Waals surface area contributed by atoms with Gasteiger partial charge in [0.1, 0.15) is 0 Å². The minimum absolute atomic E-state index is 0.304.